The van der Waals surface area contributed by atoms with Gasteiger partial charge in [0.25, 0.3) is 0 Å². The molecule has 9 N–H and O–H groups in total. The lowest BCUT2D eigenvalue weighted by atomic mass is 9.41. The van der Waals surface area contributed by atoms with Crippen molar-refractivity contribution in [1.29, 1.82) is 0 Å². The van der Waals surface area contributed by atoms with Gasteiger partial charge in [0.2, 0.25) is 0 Å². The van der Waals surface area contributed by atoms with Crippen molar-refractivity contribution in [2.75, 3.05) is 19.8 Å². The predicted octanol–water partition coefficient (Wildman–Crippen LogP) is -1.93. The van der Waals surface area contributed by atoms with Crippen LogP contribution in [-0.2, 0) is 42.7 Å². The van der Waals surface area contributed by atoms with Gasteiger partial charge in [0, 0.05) is 24.3 Å². The van der Waals surface area contributed by atoms with Crippen LogP contribution in [0.1, 0.15) is 78.1 Å². The molecule has 21 atom stereocenters. The largest absolute Gasteiger partial charge is 0.458 e. The Kier molecular flexibility index (Phi) is 11.8. The van der Waals surface area contributed by atoms with Crippen LogP contribution in [-0.4, -0.2) is 175 Å². The van der Waals surface area contributed by atoms with E-state index in [0.29, 0.717) is 44.9 Å². The highest BCUT2D eigenvalue weighted by Gasteiger charge is 2.71. The summed E-state index contributed by atoms with van der Waals surface area (Å²) in [7, 11) is 0. The molecule has 0 radical (unpaired) electrons. The summed E-state index contributed by atoms with van der Waals surface area (Å²) in [6.07, 6.45) is -11.3. The lowest BCUT2D eigenvalue weighted by molar-refractivity contribution is -0.357. The summed E-state index contributed by atoms with van der Waals surface area (Å²) in [4.78, 5) is 25.2. The topological polar surface area (TPSA) is 281 Å². The number of carbonyl (C=O) groups is 2. The molecule has 8 aliphatic rings. The third-order valence-electron chi connectivity index (χ3n) is 15.7. The molecule has 4 heterocycles. The molecule has 0 aromatic carbocycles. The average Bonchev–Trinajstić information content (AvgIpc) is 3.74. The molecular weight excluding hydrogens is 768 g/mol. The number of fused-ring (bicyclic) bond motifs is 5. The molecule has 18 nitrogen and oxygen atoms in total. The molecule has 0 spiro atoms. The Hall–Kier alpha value is -1.72. The van der Waals surface area contributed by atoms with E-state index in [4.69, 9.17) is 33.2 Å². The van der Waals surface area contributed by atoms with Crippen LogP contribution in [0.3, 0.4) is 0 Å². The zero-order valence-electron chi connectivity index (χ0n) is 32.9. The Morgan fingerprint density at radius 2 is 1.59 bits per heavy atom. The van der Waals surface area contributed by atoms with E-state index in [1.807, 2.05) is 0 Å². The van der Waals surface area contributed by atoms with E-state index >= 15 is 0 Å². The molecule has 58 heavy (non-hydrogen) atoms. The van der Waals surface area contributed by atoms with Crippen LogP contribution in [0, 0.1) is 28.6 Å². The molecule has 18 heteroatoms. The Morgan fingerprint density at radius 3 is 2.28 bits per heavy atom. The van der Waals surface area contributed by atoms with E-state index in [2.05, 4.69) is 6.92 Å². The van der Waals surface area contributed by atoms with E-state index in [9.17, 15) is 55.5 Å². The second kappa shape index (κ2) is 15.9. The van der Waals surface area contributed by atoms with E-state index in [1.54, 1.807) is 13.0 Å². The van der Waals surface area contributed by atoms with Gasteiger partial charge in [-0.1, -0.05) is 6.92 Å². The minimum Gasteiger partial charge on any atom is -0.458 e. The molecule has 4 saturated carbocycles. The number of hydrogen-bond acceptors (Lipinski definition) is 18. The summed E-state index contributed by atoms with van der Waals surface area (Å²) in [5.41, 5.74) is -3.06. The van der Waals surface area contributed by atoms with Crippen molar-refractivity contribution in [2.45, 2.75) is 175 Å². The highest BCUT2D eigenvalue weighted by molar-refractivity contribution is 5.85. The minimum atomic E-state index is -1.73. The SMILES string of the molecule is CC1OC(OC2CCC3(C=O)C4CCC5(C)C(C6=CC(=O)OC6)CCC5(O)C4CCC3(O)C2)CC(O)C1OC1OCC(OC2OC(CO)C(O)C(O)C2O)C(O)C1O. The molecule has 4 aliphatic carbocycles. The zero-order chi connectivity index (χ0) is 41.5. The Labute approximate surface area is 336 Å². The summed E-state index contributed by atoms with van der Waals surface area (Å²) >= 11 is 0. The smallest absolute Gasteiger partial charge is 0.331 e. The van der Waals surface area contributed by atoms with Crippen molar-refractivity contribution in [2.24, 2.45) is 28.6 Å². The molecule has 21 unspecified atom stereocenters. The van der Waals surface area contributed by atoms with Crippen LogP contribution >= 0.6 is 0 Å². The van der Waals surface area contributed by atoms with Crippen LogP contribution in [0.4, 0.5) is 0 Å². The number of esters is 1. The number of aliphatic hydroxyl groups excluding tert-OH is 7. The Balaban J connectivity index is 0.858. The first-order valence-electron chi connectivity index (χ1n) is 20.9. The van der Waals surface area contributed by atoms with Crippen LogP contribution < -0.4 is 0 Å². The Bertz CT molecular complexity index is 1550. The highest BCUT2D eigenvalue weighted by atomic mass is 16.7. The molecule has 3 saturated heterocycles. The summed E-state index contributed by atoms with van der Waals surface area (Å²) in [5, 5.41) is 97.8. The zero-order valence-corrected chi connectivity index (χ0v) is 32.9. The molecular formula is C40H60O18. The van der Waals surface area contributed by atoms with E-state index in [-0.39, 0.29) is 49.8 Å². The number of aliphatic hydroxyl groups is 9. The van der Waals surface area contributed by atoms with Gasteiger partial charge in [0.1, 0.15) is 61.7 Å². The molecule has 4 aliphatic heterocycles. The first-order valence-corrected chi connectivity index (χ1v) is 20.9. The third-order valence-corrected chi connectivity index (χ3v) is 15.7. The first kappa shape index (κ1) is 42.9. The lowest BCUT2D eigenvalue weighted by Gasteiger charge is -2.65. The predicted molar refractivity (Wildman–Crippen MR) is 193 cm³/mol. The summed E-state index contributed by atoms with van der Waals surface area (Å²) < 4.78 is 40.2. The number of aldehydes is 1. The van der Waals surface area contributed by atoms with Crippen molar-refractivity contribution in [3.63, 3.8) is 0 Å². The normalized spacial score (nSPS) is 54.5. The number of ether oxygens (including phenoxy) is 7. The van der Waals surface area contributed by atoms with Crippen LogP contribution in [0.2, 0.25) is 0 Å². The Morgan fingerprint density at radius 1 is 0.845 bits per heavy atom. The number of carbonyl (C=O) groups excluding carboxylic acids is 2. The number of hydrogen-bond donors (Lipinski definition) is 9. The fourth-order valence-corrected chi connectivity index (χ4v) is 12.5. The second-order valence-corrected chi connectivity index (χ2v) is 18.5. The van der Waals surface area contributed by atoms with E-state index in [0.717, 1.165) is 18.3 Å². The monoisotopic (exact) mass is 828 g/mol. The maximum Gasteiger partial charge on any atom is 0.331 e. The van der Waals surface area contributed by atoms with Gasteiger partial charge in [-0.15, -0.1) is 0 Å². The van der Waals surface area contributed by atoms with Gasteiger partial charge < -0.3 is 83.9 Å². The van der Waals surface area contributed by atoms with Gasteiger partial charge in [-0.3, -0.25) is 0 Å². The molecule has 7 fully saturated rings. The minimum absolute atomic E-state index is 0.00668. The van der Waals surface area contributed by atoms with Crippen LogP contribution in [0.15, 0.2) is 11.6 Å². The molecule has 8 rings (SSSR count). The standard InChI is InChI=1S/C40H60O18/c1-18-34(58-35-32(48)30(46)26(16-53-35)57-36-33(49)31(47)29(45)25(14-41)56-36)24(43)12-28(54-18)55-20-3-8-38(17-42)22-4-7-37(2)21(19-11-27(44)52-15-19)6-10-40(37,51)23(22)5-9-39(38,50)13-20/h11,17-18,20-26,28-36,41,43,45-51H,3-10,12-16H2,1-2H3. The fourth-order valence-electron chi connectivity index (χ4n) is 12.5. The summed E-state index contributed by atoms with van der Waals surface area (Å²) in [6.45, 7) is 2.96. The first-order chi connectivity index (χ1) is 27.5. The van der Waals surface area contributed by atoms with Crippen molar-refractivity contribution < 1.29 is 88.7 Å². The van der Waals surface area contributed by atoms with Crippen LogP contribution in [0.25, 0.3) is 0 Å². The average molecular weight is 829 g/mol. The van der Waals surface area contributed by atoms with Gasteiger partial charge in [-0.2, -0.15) is 0 Å². The van der Waals surface area contributed by atoms with Gasteiger partial charge >= 0.3 is 5.97 Å². The maximum atomic E-state index is 13.2. The summed E-state index contributed by atoms with van der Waals surface area (Å²) in [6, 6.07) is 0. The lowest BCUT2D eigenvalue weighted by Crippen LogP contribution is -2.69. The quantitative estimate of drug-likeness (QED) is 0.0695. The number of rotatable bonds is 9. The molecule has 0 aromatic heterocycles. The fraction of sp³-hybridized carbons (Fsp3) is 0.900. The molecule has 0 aromatic rings. The van der Waals surface area contributed by atoms with Gasteiger partial charge in [0.05, 0.1) is 48.1 Å². The van der Waals surface area contributed by atoms with Crippen molar-refractivity contribution in [3.8, 4) is 0 Å². The van der Waals surface area contributed by atoms with Gasteiger partial charge in [0.15, 0.2) is 18.9 Å². The number of cyclic esters (lactones) is 1. The molecule has 0 bridgehead atoms. The second-order valence-electron chi connectivity index (χ2n) is 18.5. The highest BCUT2D eigenvalue weighted by Crippen LogP contribution is 2.70. The van der Waals surface area contributed by atoms with Crippen molar-refractivity contribution in [3.05, 3.63) is 11.6 Å². The van der Waals surface area contributed by atoms with Crippen molar-refractivity contribution in [1.82, 2.24) is 0 Å². The molecule has 0 amide bonds. The van der Waals surface area contributed by atoms with Gasteiger partial charge in [-0.05, 0) is 81.6 Å². The van der Waals surface area contributed by atoms with Gasteiger partial charge in [-0.25, -0.2) is 4.79 Å². The van der Waals surface area contributed by atoms with E-state index in [1.165, 1.54) is 0 Å². The van der Waals surface area contributed by atoms with E-state index < -0.39 is 115 Å². The third kappa shape index (κ3) is 6.82. The van der Waals surface area contributed by atoms with Crippen molar-refractivity contribution >= 4 is 12.3 Å². The van der Waals surface area contributed by atoms with Crippen LogP contribution in [0.5, 0.6) is 0 Å². The maximum absolute atomic E-state index is 13.2. The molecule has 328 valence electrons. The summed E-state index contributed by atoms with van der Waals surface area (Å²) in [5.74, 6) is -0.766.